The van der Waals surface area contributed by atoms with Gasteiger partial charge in [-0.2, -0.15) is 4.31 Å². The van der Waals surface area contributed by atoms with E-state index in [9.17, 15) is 13.2 Å². The predicted octanol–water partition coefficient (Wildman–Crippen LogP) is 2.69. The Bertz CT molecular complexity index is 691. The highest BCUT2D eigenvalue weighted by atomic mass is 35.5. The molecule has 8 heteroatoms. The first-order valence-electron chi connectivity index (χ1n) is 8.84. The lowest BCUT2D eigenvalue weighted by molar-refractivity contribution is 0.0894. The number of halogens is 1. The summed E-state index contributed by atoms with van der Waals surface area (Å²) in [6, 6.07) is 4.69. The van der Waals surface area contributed by atoms with Gasteiger partial charge in [-0.15, -0.1) is 12.4 Å². The van der Waals surface area contributed by atoms with E-state index in [0.717, 1.165) is 5.56 Å². The Morgan fingerprint density at radius 2 is 1.69 bits per heavy atom. The quantitative estimate of drug-likeness (QED) is 0.660. The number of amides is 1. The van der Waals surface area contributed by atoms with Crippen molar-refractivity contribution in [2.24, 2.45) is 5.73 Å². The van der Waals surface area contributed by atoms with E-state index in [1.165, 1.54) is 10.4 Å². The fourth-order valence-electron chi connectivity index (χ4n) is 2.79. The number of carbonyl (C=O) groups is 1. The lowest BCUT2D eigenvalue weighted by Crippen LogP contribution is -2.53. The van der Waals surface area contributed by atoms with Gasteiger partial charge in [-0.3, -0.25) is 4.79 Å². The second-order valence-electron chi connectivity index (χ2n) is 6.21. The minimum atomic E-state index is -3.61. The highest BCUT2D eigenvalue weighted by molar-refractivity contribution is 7.89. The largest absolute Gasteiger partial charge is 0.345 e. The van der Waals surface area contributed by atoms with E-state index >= 15 is 0 Å². The topological polar surface area (TPSA) is 92.5 Å². The molecule has 0 bridgehead atoms. The van der Waals surface area contributed by atoms with Crippen LogP contribution >= 0.6 is 12.4 Å². The second-order valence-corrected chi connectivity index (χ2v) is 8.15. The zero-order chi connectivity index (χ0) is 19.3. The van der Waals surface area contributed by atoms with Crippen molar-refractivity contribution in [2.45, 2.75) is 57.9 Å². The third-order valence-corrected chi connectivity index (χ3v) is 6.97. The molecule has 1 aromatic rings. The highest BCUT2D eigenvalue weighted by Crippen LogP contribution is 2.21. The van der Waals surface area contributed by atoms with Crippen LogP contribution in [0.2, 0.25) is 0 Å². The molecular weight excluding hydrogens is 374 g/mol. The van der Waals surface area contributed by atoms with E-state index < -0.39 is 15.6 Å². The van der Waals surface area contributed by atoms with Crippen LogP contribution in [0.4, 0.5) is 0 Å². The first-order chi connectivity index (χ1) is 11.7. The van der Waals surface area contributed by atoms with Crippen molar-refractivity contribution in [3.8, 4) is 0 Å². The summed E-state index contributed by atoms with van der Waals surface area (Å²) >= 11 is 0. The van der Waals surface area contributed by atoms with Gasteiger partial charge in [0.15, 0.2) is 0 Å². The van der Waals surface area contributed by atoms with Gasteiger partial charge >= 0.3 is 0 Å². The molecule has 0 heterocycles. The SMILES string of the molecule is CCN(CC)S(=O)(=O)c1ccc(C)c(C(=O)NC(CC)(CC)CN)c1.Cl. The average Bonchev–Trinajstić information content (AvgIpc) is 2.60. The van der Waals surface area contributed by atoms with Crippen LogP contribution in [0.15, 0.2) is 23.1 Å². The van der Waals surface area contributed by atoms with Crippen LogP contribution in [0.1, 0.15) is 56.5 Å². The maximum Gasteiger partial charge on any atom is 0.252 e. The van der Waals surface area contributed by atoms with E-state index in [-0.39, 0.29) is 23.2 Å². The molecule has 6 nitrogen and oxygen atoms in total. The van der Waals surface area contributed by atoms with Gasteiger partial charge in [0, 0.05) is 25.2 Å². The van der Waals surface area contributed by atoms with Gasteiger partial charge in [-0.05, 0) is 37.5 Å². The summed E-state index contributed by atoms with van der Waals surface area (Å²) in [6.07, 6.45) is 1.42. The van der Waals surface area contributed by atoms with Crippen molar-refractivity contribution in [1.82, 2.24) is 9.62 Å². The van der Waals surface area contributed by atoms with Gasteiger partial charge < -0.3 is 11.1 Å². The Morgan fingerprint density at radius 3 is 2.12 bits per heavy atom. The third kappa shape index (κ3) is 5.19. The summed E-state index contributed by atoms with van der Waals surface area (Å²) in [4.78, 5) is 12.9. The first-order valence-corrected chi connectivity index (χ1v) is 10.3. The minimum absolute atomic E-state index is 0. The normalized spacial score (nSPS) is 12.0. The van der Waals surface area contributed by atoms with Crippen molar-refractivity contribution in [2.75, 3.05) is 19.6 Å². The van der Waals surface area contributed by atoms with Crippen LogP contribution in [0.25, 0.3) is 0 Å². The van der Waals surface area contributed by atoms with Gasteiger partial charge in [-0.1, -0.05) is 33.8 Å². The molecule has 0 aliphatic heterocycles. The molecule has 0 saturated carbocycles. The van der Waals surface area contributed by atoms with Gasteiger partial charge in [0.05, 0.1) is 10.4 Å². The van der Waals surface area contributed by atoms with E-state index in [2.05, 4.69) is 5.32 Å². The number of nitrogens with two attached hydrogens (primary N) is 1. The molecule has 3 N–H and O–H groups in total. The zero-order valence-electron chi connectivity index (χ0n) is 16.3. The summed E-state index contributed by atoms with van der Waals surface area (Å²) in [5.74, 6) is -0.289. The second kappa shape index (κ2) is 10.3. The maximum atomic E-state index is 12.8. The number of rotatable bonds is 9. The van der Waals surface area contributed by atoms with Gasteiger partial charge in [0.2, 0.25) is 10.0 Å². The van der Waals surface area contributed by atoms with Crippen LogP contribution < -0.4 is 11.1 Å². The van der Waals surface area contributed by atoms with Crippen molar-refractivity contribution >= 4 is 28.3 Å². The molecule has 0 aliphatic rings. The molecular formula is C18H32ClN3O3S. The summed E-state index contributed by atoms with van der Waals surface area (Å²) in [6.45, 7) is 10.4. The Kier molecular flexibility index (Phi) is 9.80. The fourth-order valence-corrected chi connectivity index (χ4v) is 4.28. The Morgan fingerprint density at radius 1 is 1.15 bits per heavy atom. The molecule has 0 atom stereocenters. The molecule has 0 aromatic heterocycles. The number of hydrogen-bond donors (Lipinski definition) is 2. The molecule has 0 unspecified atom stereocenters. The molecule has 0 aliphatic carbocycles. The standard InChI is InChI=1S/C18H31N3O3S.ClH/c1-6-18(7-2,13-19)20-17(22)16-12-15(11-10-14(16)5)25(23,24)21(8-3)9-4;/h10-12H,6-9,13,19H2,1-5H3,(H,20,22);1H. The molecule has 0 radical (unpaired) electrons. The number of sulfonamides is 1. The van der Waals surface area contributed by atoms with Crippen molar-refractivity contribution in [3.63, 3.8) is 0 Å². The van der Waals surface area contributed by atoms with Crippen LogP contribution in [-0.2, 0) is 10.0 Å². The Labute approximate surface area is 164 Å². The fraction of sp³-hybridized carbons (Fsp3) is 0.611. The molecule has 26 heavy (non-hydrogen) atoms. The summed E-state index contributed by atoms with van der Waals surface area (Å²) < 4.78 is 26.8. The Hall–Kier alpha value is -1.15. The number of hydrogen-bond acceptors (Lipinski definition) is 4. The van der Waals surface area contributed by atoms with E-state index in [1.807, 2.05) is 13.8 Å². The molecule has 150 valence electrons. The van der Waals surface area contributed by atoms with Crippen LogP contribution in [-0.4, -0.2) is 43.8 Å². The number of nitrogens with zero attached hydrogens (tertiary/aromatic N) is 1. The number of carbonyl (C=O) groups excluding carboxylic acids is 1. The number of benzene rings is 1. The summed E-state index contributed by atoms with van der Waals surface area (Å²) in [5.41, 5.74) is 6.48. The number of nitrogens with one attached hydrogen (secondary N) is 1. The van der Waals surface area contributed by atoms with E-state index in [4.69, 9.17) is 5.73 Å². The molecule has 1 aromatic carbocycles. The average molecular weight is 406 g/mol. The lowest BCUT2D eigenvalue weighted by Gasteiger charge is -2.31. The van der Waals surface area contributed by atoms with E-state index in [0.29, 0.717) is 38.0 Å². The lowest BCUT2D eigenvalue weighted by atomic mass is 9.92. The van der Waals surface area contributed by atoms with Crippen molar-refractivity contribution in [1.29, 1.82) is 0 Å². The molecule has 1 amide bonds. The van der Waals surface area contributed by atoms with E-state index in [1.54, 1.807) is 32.9 Å². The summed E-state index contributed by atoms with van der Waals surface area (Å²) in [7, 11) is -3.61. The number of aryl methyl sites for hydroxylation is 1. The highest BCUT2D eigenvalue weighted by Gasteiger charge is 2.28. The molecule has 0 saturated heterocycles. The first kappa shape index (κ1) is 24.8. The van der Waals surface area contributed by atoms with Gasteiger partial charge in [-0.25, -0.2) is 8.42 Å². The minimum Gasteiger partial charge on any atom is -0.345 e. The van der Waals surface area contributed by atoms with Gasteiger partial charge in [0.1, 0.15) is 0 Å². The van der Waals surface area contributed by atoms with Crippen LogP contribution in [0.5, 0.6) is 0 Å². The monoisotopic (exact) mass is 405 g/mol. The zero-order valence-corrected chi connectivity index (χ0v) is 18.0. The van der Waals surface area contributed by atoms with Crippen molar-refractivity contribution in [3.05, 3.63) is 29.3 Å². The van der Waals surface area contributed by atoms with Crippen LogP contribution in [0, 0.1) is 6.92 Å². The van der Waals surface area contributed by atoms with Crippen molar-refractivity contribution < 1.29 is 13.2 Å². The van der Waals surface area contributed by atoms with Crippen LogP contribution in [0.3, 0.4) is 0 Å². The maximum absolute atomic E-state index is 12.8. The molecule has 0 spiro atoms. The molecule has 1 rings (SSSR count). The summed E-state index contributed by atoms with van der Waals surface area (Å²) in [5, 5.41) is 3.00. The van der Waals surface area contributed by atoms with Gasteiger partial charge in [0.25, 0.3) is 5.91 Å². The Balaban J connectivity index is 0.00000625. The smallest absolute Gasteiger partial charge is 0.252 e. The molecule has 0 fully saturated rings. The predicted molar refractivity (Wildman–Crippen MR) is 108 cm³/mol. The third-order valence-electron chi connectivity index (χ3n) is 4.92.